The average Bonchev–Trinajstić information content (AvgIpc) is 3.37. The third-order valence-corrected chi connectivity index (χ3v) is 6.58. The Hall–Kier alpha value is -4.71. The molecule has 6 aromatic rings. The number of ether oxygens (including phenoxy) is 2. The first-order chi connectivity index (χ1) is 17.3. The Morgan fingerprint density at radius 1 is 0.857 bits per heavy atom. The summed E-state index contributed by atoms with van der Waals surface area (Å²) in [6.07, 6.45) is 1.67. The van der Waals surface area contributed by atoms with Crippen LogP contribution in [-0.2, 0) is 0 Å². The number of hydrogen-bond donors (Lipinski definition) is 0. The molecule has 7 rings (SSSR count). The zero-order valence-corrected chi connectivity index (χ0v) is 18.9. The molecule has 6 heteroatoms. The first-order valence-electron chi connectivity index (χ1n) is 11.4. The van der Waals surface area contributed by atoms with E-state index >= 15 is 0 Å². The zero-order chi connectivity index (χ0) is 23.4. The summed E-state index contributed by atoms with van der Waals surface area (Å²) in [7, 11) is 1.65. The fourth-order valence-electron chi connectivity index (χ4n) is 4.90. The number of aromatic nitrogens is 4. The van der Waals surface area contributed by atoms with Gasteiger partial charge in [-0.05, 0) is 35.2 Å². The summed E-state index contributed by atoms with van der Waals surface area (Å²) in [4.78, 5) is 9.64. The van der Waals surface area contributed by atoms with E-state index in [9.17, 15) is 0 Å². The molecule has 0 bridgehead atoms. The molecule has 1 aliphatic heterocycles. The minimum Gasteiger partial charge on any atom is -0.497 e. The lowest BCUT2D eigenvalue weighted by molar-refractivity contribution is 0.415. The van der Waals surface area contributed by atoms with Gasteiger partial charge in [-0.3, -0.25) is 0 Å². The van der Waals surface area contributed by atoms with E-state index in [1.54, 1.807) is 18.0 Å². The molecule has 168 valence electrons. The van der Waals surface area contributed by atoms with Crippen molar-refractivity contribution >= 4 is 16.4 Å². The normalized spacial score (nSPS) is 14.4. The van der Waals surface area contributed by atoms with Gasteiger partial charge in [-0.1, -0.05) is 66.7 Å². The van der Waals surface area contributed by atoms with Gasteiger partial charge >= 0.3 is 0 Å². The van der Waals surface area contributed by atoms with E-state index in [1.165, 1.54) is 0 Å². The second-order valence-electron chi connectivity index (χ2n) is 8.55. The molecule has 0 unspecified atom stereocenters. The Bertz CT molecular complexity index is 1710. The zero-order valence-electron chi connectivity index (χ0n) is 18.9. The van der Waals surface area contributed by atoms with Gasteiger partial charge in [0.1, 0.15) is 17.8 Å². The molecule has 0 fully saturated rings. The van der Waals surface area contributed by atoms with Gasteiger partial charge in [-0.2, -0.15) is 0 Å². The van der Waals surface area contributed by atoms with Crippen molar-refractivity contribution in [3.05, 3.63) is 114 Å². The fourth-order valence-corrected chi connectivity index (χ4v) is 4.90. The Morgan fingerprint density at radius 3 is 2.49 bits per heavy atom. The average molecular weight is 457 g/mol. The maximum absolute atomic E-state index is 6.49. The number of benzene rings is 4. The van der Waals surface area contributed by atoms with Gasteiger partial charge in [0.25, 0.3) is 0 Å². The molecule has 1 atom stereocenters. The van der Waals surface area contributed by atoms with Gasteiger partial charge in [0, 0.05) is 22.4 Å². The standard InChI is InChI=1S/C29H20N4O2/c1-34-21-14-11-20(12-15-21)27-31-28-25-24(19-8-3-2-4-9-19)23-16-13-18-7-5-6-10-22(18)26(23)35-29(25)30-17-33(28)32-27/h2-17,24H,1H3/t24-/m0/s1. The minimum atomic E-state index is -0.0938. The van der Waals surface area contributed by atoms with Crippen molar-refractivity contribution in [1.82, 2.24) is 19.6 Å². The van der Waals surface area contributed by atoms with Crippen molar-refractivity contribution in [2.24, 2.45) is 0 Å². The van der Waals surface area contributed by atoms with E-state index in [4.69, 9.17) is 19.6 Å². The van der Waals surface area contributed by atoms with E-state index in [2.05, 4.69) is 53.5 Å². The van der Waals surface area contributed by atoms with Crippen LogP contribution in [0.2, 0.25) is 0 Å². The second-order valence-corrected chi connectivity index (χ2v) is 8.55. The largest absolute Gasteiger partial charge is 0.497 e. The Balaban J connectivity index is 1.48. The van der Waals surface area contributed by atoms with Gasteiger partial charge in [-0.25, -0.2) is 14.5 Å². The maximum atomic E-state index is 6.49. The van der Waals surface area contributed by atoms with Crippen molar-refractivity contribution < 1.29 is 9.47 Å². The molecule has 3 heterocycles. The van der Waals surface area contributed by atoms with Crippen molar-refractivity contribution in [2.75, 3.05) is 7.11 Å². The maximum Gasteiger partial charge on any atom is 0.228 e. The summed E-state index contributed by atoms with van der Waals surface area (Å²) in [6, 6.07) is 30.7. The summed E-state index contributed by atoms with van der Waals surface area (Å²) in [5, 5.41) is 6.93. The van der Waals surface area contributed by atoms with Crippen LogP contribution in [0.5, 0.6) is 17.4 Å². The van der Waals surface area contributed by atoms with E-state index < -0.39 is 0 Å². The van der Waals surface area contributed by atoms with Crippen LogP contribution >= 0.6 is 0 Å². The molecule has 0 saturated carbocycles. The van der Waals surface area contributed by atoms with Gasteiger partial charge in [0.05, 0.1) is 12.7 Å². The van der Waals surface area contributed by atoms with E-state index in [-0.39, 0.29) is 5.92 Å². The summed E-state index contributed by atoms with van der Waals surface area (Å²) in [5.41, 5.74) is 4.79. The van der Waals surface area contributed by atoms with Gasteiger partial charge in [0.2, 0.25) is 5.88 Å². The minimum absolute atomic E-state index is 0.0938. The Labute approximate surface area is 201 Å². The van der Waals surface area contributed by atoms with E-state index in [1.807, 2.05) is 42.5 Å². The molecule has 0 aliphatic carbocycles. The number of methoxy groups -OCH3 is 1. The molecule has 35 heavy (non-hydrogen) atoms. The highest BCUT2D eigenvalue weighted by Crippen LogP contribution is 2.50. The fraction of sp³-hybridized carbons (Fsp3) is 0.0690. The molecule has 0 amide bonds. The monoisotopic (exact) mass is 456 g/mol. The Kier molecular flexibility index (Phi) is 4.32. The van der Waals surface area contributed by atoms with Crippen LogP contribution in [0, 0.1) is 0 Å². The molecule has 0 N–H and O–H groups in total. The quantitative estimate of drug-likeness (QED) is 0.315. The molecule has 1 aliphatic rings. The van der Waals surface area contributed by atoms with E-state index in [0.29, 0.717) is 11.7 Å². The molecule has 0 radical (unpaired) electrons. The molecular formula is C29H20N4O2. The van der Waals surface area contributed by atoms with Gasteiger partial charge < -0.3 is 9.47 Å². The summed E-state index contributed by atoms with van der Waals surface area (Å²) < 4.78 is 13.5. The van der Waals surface area contributed by atoms with Crippen LogP contribution in [0.1, 0.15) is 22.6 Å². The second kappa shape index (κ2) is 7.67. The lowest BCUT2D eigenvalue weighted by atomic mass is 9.83. The van der Waals surface area contributed by atoms with Crippen LogP contribution in [0.4, 0.5) is 0 Å². The highest BCUT2D eigenvalue weighted by molar-refractivity contribution is 5.91. The van der Waals surface area contributed by atoms with E-state index in [0.717, 1.165) is 50.2 Å². The van der Waals surface area contributed by atoms with Gasteiger partial charge in [-0.15, -0.1) is 5.10 Å². The van der Waals surface area contributed by atoms with Crippen molar-refractivity contribution in [3.8, 4) is 28.8 Å². The highest BCUT2D eigenvalue weighted by atomic mass is 16.5. The van der Waals surface area contributed by atoms with Crippen LogP contribution < -0.4 is 9.47 Å². The van der Waals surface area contributed by atoms with Crippen molar-refractivity contribution in [3.63, 3.8) is 0 Å². The first kappa shape index (κ1) is 19.7. The highest BCUT2D eigenvalue weighted by Gasteiger charge is 2.34. The lowest BCUT2D eigenvalue weighted by Gasteiger charge is -2.28. The molecule has 4 aromatic carbocycles. The molecule has 6 nitrogen and oxygen atoms in total. The summed E-state index contributed by atoms with van der Waals surface area (Å²) >= 11 is 0. The lowest BCUT2D eigenvalue weighted by Crippen LogP contribution is -2.15. The number of nitrogens with zero attached hydrogens (tertiary/aromatic N) is 4. The van der Waals surface area contributed by atoms with Gasteiger partial charge in [0.15, 0.2) is 11.5 Å². The SMILES string of the molecule is COc1ccc(-c2nc3c4c(ncn3n2)Oc2c(ccc3ccccc23)[C@@H]4c2ccccc2)cc1. The summed E-state index contributed by atoms with van der Waals surface area (Å²) in [5.74, 6) is 2.72. The smallest absolute Gasteiger partial charge is 0.228 e. The number of fused-ring (bicyclic) bond motifs is 6. The Morgan fingerprint density at radius 2 is 1.66 bits per heavy atom. The van der Waals surface area contributed by atoms with Crippen LogP contribution in [0.3, 0.4) is 0 Å². The summed E-state index contributed by atoms with van der Waals surface area (Å²) in [6.45, 7) is 0. The molecular weight excluding hydrogens is 436 g/mol. The predicted octanol–water partition coefficient (Wildman–Crippen LogP) is 6.24. The topological polar surface area (TPSA) is 61.5 Å². The van der Waals surface area contributed by atoms with Crippen molar-refractivity contribution in [2.45, 2.75) is 5.92 Å². The predicted molar refractivity (Wildman–Crippen MR) is 134 cm³/mol. The van der Waals surface area contributed by atoms with Crippen molar-refractivity contribution in [1.29, 1.82) is 0 Å². The van der Waals surface area contributed by atoms with Crippen LogP contribution in [-0.4, -0.2) is 26.7 Å². The number of rotatable bonds is 3. The molecule has 2 aromatic heterocycles. The third kappa shape index (κ3) is 3.07. The molecule has 0 spiro atoms. The number of hydrogen-bond acceptors (Lipinski definition) is 5. The first-order valence-corrected chi connectivity index (χ1v) is 11.4. The third-order valence-electron chi connectivity index (χ3n) is 6.58. The van der Waals surface area contributed by atoms with Crippen LogP contribution in [0.15, 0.2) is 97.3 Å². The van der Waals surface area contributed by atoms with Crippen LogP contribution in [0.25, 0.3) is 27.8 Å². The molecule has 0 saturated heterocycles.